The molecule has 1 aromatic rings. The molecule has 0 bridgehead atoms. The molecule has 1 aromatic carbocycles. The van der Waals surface area contributed by atoms with Crippen LogP contribution in [0.5, 0.6) is 0 Å². The fourth-order valence-corrected chi connectivity index (χ4v) is 1.59. The van der Waals surface area contributed by atoms with Gasteiger partial charge in [-0.1, -0.05) is 26.0 Å². The Morgan fingerprint density at radius 1 is 1.53 bits per heavy atom. The highest BCUT2D eigenvalue weighted by Gasteiger charge is 2.19. The first kappa shape index (κ1) is 11.6. The summed E-state index contributed by atoms with van der Waals surface area (Å²) in [5.41, 5.74) is 1.34. The third-order valence-electron chi connectivity index (χ3n) is 2.36. The van der Waals surface area contributed by atoms with Crippen molar-refractivity contribution in [3.8, 4) is 0 Å². The van der Waals surface area contributed by atoms with Gasteiger partial charge in [-0.25, -0.2) is 0 Å². The van der Waals surface area contributed by atoms with E-state index in [1.54, 1.807) is 19.1 Å². The predicted octanol–water partition coefficient (Wildman–Crippen LogP) is 3.07. The molecule has 0 N–H and O–H groups in total. The topological polar surface area (TPSA) is 43.1 Å². The van der Waals surface area contributed by atoms with Crippen molar-refractivity contribution < 1.29 is 9.31 Å². The zero-order chi connectivity index (χ0) is 11.4. The summed E-state index contributed by atoms with van der Waals surface area (Å²) in [5, 5.41) is 10.7. The van der Waals surface area contributed by atoms with Crippen molar-refractivity contribution in [3.63, 3.8) is 0 Å². The molecule has 3 nitrogen and oxygen atoms in total. The largest absolute Gasteiger partial charge is 0.272 e. The fourth-order valence-electron chi connectivity index (χ4n) is 1.59. The normalized spacial score (nSPS) is 10.7. The van der Waals surface area contributed by atoms with E-state index in [0.29, 0.717) is 23.5 Å². The second kappa shape index (κ2) is 4.87. The van der Waals surface area contributed by atoms with Crippen molar-refractivity contribution in [2.75, 3.05) is 6.67 Å². The van der Waals surface area contributed by atoms with E-state index in [1.807, 2.05) is 6.92 Å². The van der Waals surface area contributed by atoms with Gasteiger partial charge in [-0.3, -0.25) is 14.5 Å². The first-order chi connectivity index (χ1) is 7.11. The number of nitrogens with zero attached hydrogens (tertiary/aromatic N) is 1. The molecule has 0 amide bonds. The standard InChI is InChI=1S/C11H13FNO2/c1-3-9-10(8(2)7-12)5-4-6-11(9)13(14)15/h4-6H,3,7H2,1-2H3. The van der Waals surface area contributed by atoms with E-state index in [0.717, 1.165) is 0 Å². The van der Waals surface area contributed by atoms with Gasteiger partial charge in [0.2, 0.25) is 0 Å². The molecular formula is C11H13FNO2. The molecule has 0 aliphatic rings. The molecule has 0 aliphatic heterocycles. The summed E-state index contributed by atoms with van der Waals surface area (Å²) in [4.78, 5) is 10.3. The van der Waals surface area contributed by atoms with E-state index in [9.17, 15) is 14.5 Å². The van der Waals surface area contributed by atoms with Crippen LogP contribution in [0.25, 0.3) is 0 Å². The Morgan fingerprint density at radius 2 is 2.20 bits per heavy atom. The summed E-state index contributed by atoms with van der Waals surface area (Å²) >= 11 is 0. The van der Waals surface area contributed by atoms with Crippen molar-refractivity contribution in [2.24, 2.45) is 0 Å². The van der Waals surface area contributed by atoms with E-state index < -0.39 is 11.6 Å². The van der Waals surface area contributed by atoms with Crippen molar-refractivity contribution in [1.82, 2.24) is 0 Å². The highest BCUT2D eigenvalue weighted by atomic mass is 19.1. The van der Waals surface area contributed by atoms with Crippen LogP contribution < -0.4 is 0 Å². The molecule has 0 atom stereocenters. The molecule has 0 aromatic heterocycles. The van der Waals surface area contributed by atoms with Crippen LogP contribution in [0.2, 0.25) is 0 Å². The minimum absolute atomic E-state index is 0.0720. The van der Waals surface area contributed by atoms with Crippen molar-refractivity contribution in [3.05, 3.63) is 45.4 Å². The monoisotopic (exact) mass is 210 g/mol. The third-order valence-corrected chi connectivity index (χ3v) is 2.36. The van der Waals surface area contributed by atoms with E-state index in [1.165, 1.54) is 6.07 Å². The zero-order valence-electron chi connectivity index (χ0n) is 8.79. The second-order valence-electron chi connectivity index (χ2n) is 3.33. The quantitative estimate of drug-likeness (QED) is 0.566. The zero-order valence-corrected chi connectivity index (χ0v) is 8.79. The van der Waals surface area contributed by atoms with Gasteiger partial charge < -0.3 is 0 Å². The highest BCUT2D eigenvalue weighted by Crippen LogP contribution is 2.27. The minimum Gasteiger partial charge on any atom is -0.258 e. The molecule has 0 unspecified atom stereocenters. The van der Waals surface area contributed by atoms with Gasteiger partial charge >= 0.3 is 0 Å². The third kappa shape index (κ3) is 2.32. The average molecular weight is 210 g/mol. The number of alkyl halides is 1. The van der Waals surface area contributed by atoms with Gasteiger partial charge in [-0.05, 0) is 12.0 Å². The van der Waals surface area contributed by atoms with Crippen LogP contribution in [-0.4, -0.2) is 11.6 Å². The lowest BCUT2D eigenvalue weighted by atomic mass is 9.94. The lowest BCUT2D eigenvalue weighted by Gasteiger charge is -2.11. The smallest absolute Gasteiger partial charge is 0.258 e. The summed E-state index contributed by atoms with van der Waals surface area (Å²) in [6, 6.07) is 4.76. The number of rotatable bonds is 4. The van der Waals surface area contributed by atoms with E-state index in [4.69, 9.17) is 0 Å². The molecule has 0 saturated heterocycles. The van der Waals surface area contributed by atoms with Gasteiger partial charge in [0.05, 0.1) is 11.6 Å². The lowest BCUT2D eigenvalue weighted by Crippen LogP contribution is -2.04. The van der Waals surface area contributed by atoms with Gasteiger partial charge in [-0.2, -0.15) is 0 Å². The summed E-state index contributed by atoms with van der Waals surface area (Å²) in [6.07, 6.45) is 0.532. The maximum atomic E-state index is 12.5. The lowest BCUT2D eigenvalue weighted by molar-refractivity contribution is -0.385. The Morgan fingerprint density at radius 3 is 2.67 bits per heavy atom. The molecule has 0 aliphatic carbocycles. The van der Waals surface area contributed by atoms with Gasteiger partial charge in [0.25, 0.3) is 5.69 Å². The molecular weight excluding hydrogens is 197 g/mol. The average Bonchev–Trinajstić information content (AvgIpc) is 2.26. The molecule has 1 radical (unpaired) electrons. The van der Waals surface area contributed by atoms with Gasteiger partial charge in [0.1, 0.15) is 0 Å². The van der Waals surface area contributed by atoms with E-state index >= 15 is 0 Å². The molecule has 0 heterocycles. The first-order valence-corrected chi connectivity index (χ1v) is 4.76. The Hall–Kier alpha value is -1.45. The molecule has 15 heavy (non-hydrogen) atoms. The summed E-state index contributed by atoms with van der Waals surface area (Å²) in [7, 11) is 0. The second-order valence-corrected chi connectivity index (χ2v) is 3.33. The van der Waals surface area contributed by atoms with Crippen LogP contribution in [0.4, 0.5) is 10.1 Å². The Kier molecular flexibility index (Phi) is 3.77. The Labute approximate surface area is 88.1 Å². The van der Waals surface area contributed by atoms with Gasteiger partial charge in [-0.15, -0.1) is 0 Å². The van der Waals surface area contributed by atoms with Crippen LogP contribution in [-0.2, 0) is 6.42 Å². The number of halogens is 1. The van der Waals surface area contributed by atoms with Crippen molar-refractivity contribution in [1.29, 1.82) is 0 Å². The summed E-state index contributed by atoms with van der Waals surface area (Å²) in [5.74, 6) is 0.538. The van der Waals surface area contributed by atoms with Crippen molar-refractivity contribution >= 4 is 5.69 Å². The molecule has 1 rings (SSSR count). The van der Waals surface area contributed by atoms with Crippen LogP contribution in [0.3, 0.4) is 0 Å². The maximum Gasteiger partial charge on any atom is 0.272 e. The minimum atomic E-state index is -0.575. The predicted molar refractivity (Wildman–Crippen MR) is 56.5 cm³/mol. The summed E-state index contributed by atoms with van der Waals surface area (Å²) in [6.45, 7) is 2.91. The molecule has 0 saturated carbocycles. The van der Waals surface area contributed by atoms with Crippen molar-refractivity contribution in [2.45, 2.75) is 20.3 Å². The Bertz CT molecular complexity index is 366. The van der Waals surface area contributed by atoms with Crippen LogP contribution in [0, 0.1) is 16.0 Å². The van der Waals surface area contributed by atoms with Crippen LogP contribution in [0.15, 0.2) is 18.2 Å². The van der Waals surface area contributed by atoms with Crippen LogP contribution in [0.1, 0.15) is 25.0 Å². The number of benzene rings is 1. The summed E-state index contributed by atoms with van der Waals surface area (Å²) < 4.78 is 12.5. The van der Waals surface area contributed by atoms with E-state index in [2.05, 4.69) is 0 Å². The fraction of sp³-hybridized carbons (Fsp3) is 0.364. The number of nitro benzene ring substituents is 1. The van der Waals surface area contributed by atoms with Crippen LogP contribution >= 0.6 is 0 Å². The van der Waals surface area contributed by atoms with E-state index in [-0.39, 0.29) is 5.69 Å². The molecule has 4 heteroatoms. The highest BCUT2D eigenvalue weighted by molar-refractivity contribution is 5.50. The first-order valence-electron chi connectivity index (χ1n) is 4.76. The number of hydrogen-bond donors (Lipinski definition) is 0. The van der Waals surface area contributed by atoms with Gasteiger partial charge in [0, 0.05) is 17.5 Å². The Balaban J connectivity index is 3.28. The number of hydrogen-bond acceptors (Lipinski definition) is 2. The molecule has 81 valence electrons. The number of nitro groups is 1. The molecule has 0 spiro atoms. The van der Waals surface area contributed by atoms with Gasteiger partial charge in [0.15, 0.2) is 0 Å². The molecule has 0 fully saturated rings. The SMILES string of the molecule is CCc1c([C](C)CF)cccc1[N+](=O)[O-]. The maximum absolute atomic E-state index is 12.5.